The summed E-state index contributed by atoms with van der Waals surface area (Å²) in [4.78, 5) is 48.6. The molecular weight excluding hydrogens is 903 g/mol. The topological polar surface area (TPSA) is 183 Å². The van der Waals surface area contributed by atoms with E-state index in [1.54, 1.807) is 34.1 Å². The van der Waals surface area contributed by atoms with Crippen LogP contribution in [0.1, 0.15) is 105 Å². The fourth-order valence-electron chi connectivity index (χ4n) is 9.62. The van der Waals surface area contributed by atoms with Crippen molar-refractivity contribution in [3.05, 3.63) is 114 Å². The number of pyridine rings is 1. The Labute approximate surface area is 412 Å². The van der Waals surface area contributed by atoms with E-state index in [9.17, 15) is 19.5 Å². The van der Waals surface area contributed by atoms with Gasteiger partial charge in [0, 0.05) is 61.5 Å². The summed E-state index contributed by atoms with van der Waals surface area (Å²) in [6, 6.07) is 29.4. The van der Waals surface area contributed by atoms with Crippen LogP contribution in [0.5, 0.6) is 0 Å². The van der Waals surface area contributed by atoms with E-state index in [2.05, 4.69) is 141 Å². The maximum absolute atomic E-state index is 14.0. The van der Waals surface area contributed by atoms with Gasteiger partial charge in [0.2, 0.25) is 0 Å². The molecule has 3 N–H and O–H groups in total. The molecule has 7 rings (SSSR count). The van der Waals surface area contributed by atoms with Crippen LogP contribution in [0.2, 0.25) is 5.04 Å². The number of amides is 2. The summed E-state index contributed by atoms with van der Waals surface area (Å²) in [5.41, 5.74) is 7.18. The minimum atomic E-state index is -2.89. The van der Waals surface area contributed by atoms with Gasteiger partial charge in [0.15, 0.2) is 5.82 Å². The first kappa shape index (κ1) is 51.6. The Kier molecular flexibility index (Phi) is 15.5. The highest BCUT2D eigenvalue weighted by Crippen LogP contribution is 2.43. The van der Waals surface area contributed by atoms with Crippen LogP contribution in [-0.2, 0) is 42.9 Å². The van der Waals surface area contributed by atoms with Gasteiger partial charge in [-0.25, -0.2) is 10.2 Å². The Morgan fingerprint density at radius 2 is 1.61 bits per heavy atom. The van der Waals surface area contributed by atoms with Crippen LogP contribution in [0.25, 0.3) is 33.6 Å². The van der Waals surface area contributed by atoms with Crippen molar-refractivity contribution in [3.8, 4) is 22.7 Å². The number of aromatic nitrogens is 4. The van der Waals surface area contributed by atoms with Crippen LogP contribution in [-0.4, -0.2) is 94.0 Å². The van der Waals surface area contributed by atoms with Crippen LogP contribution in [0, 0.1) is 5.41 Å². The Morgan fingerprint density at radius 3 is 2.21 bits per heavy atom. The standard InChI is InChI=1S/C54H69N7O8Si/c1-12-60-44-28-27-36(48-57-45(59-69-48)32-43(56-51(65)68-52(3,4)5)49(62)61-30-20-26-42(58-61)50(63)64)31-40(44)41(47(60)39-25-19-29-55-46(39)35(2)66-11)33-54(9,10)34-67-70(53(6,7)8,37-21-15-13-16-22-37)38-23-17-14-18-24-38/h13-19,21-25,27-29,31,35,42-43,58H,12,20,26,30,32-34H2,1-11H3,(H,56,65)(H,63,64)/t35?,42-,43?/m0/s1. The number of nitrogens with one attached hydrogen (secondary N) is 2. The summed E-state index contributed by atoms with van der Waals surface area (Å²) in [7, 11) is -1.19. The number of nitrogens with zero attached hydrogens (tertiary/aromatic N) is 5. The maximum Gasteiger partial charge on any atom is 0.408 e. The number of carboxylic acids is 1. The van der Waals surface area contributed by atoms with Crippen molar-refractivity contribution in [2.75, 3.05) is 20.3 Å². The highest BCUT2D eigenvalue weighted by molar-refractivity contribution is 6.99. The van der Waals surface area contributed by atoms with E-state index in [4.69, 9.17) is 28.4 Å². The fourth-order valence-corrected chi connectivity index (χ4v) is 14.4. The lowest BCUT2D eigenvalue weighted by molar-refractivity contribution is -0.147. The number of hydrazine groups is 1. The molecule has 1 saturated heterocycles. The summed E-state index contributed by atoms with van der Waals surface area (Å²) in [6.07, 6.45) is 2.01. The SMILES string of the molecule is CCn1c(-c2cccnc2C(C)OC)c(CC(C)(C)CO[Si](c2ccccc2)(c2ccccc2)C(C)(C)C)c2cc(-c3nc(CC(NC(=O)OC(C)(C)C)C(=O)N4CCC[C@@H](C(=O)O)N4)no3)ccc21. The predicted octanol–water partition coefficient (Wildman–Crippen LogP) is 8.64. The first-order chi connectivity index (χ1) is 33.2. The smallest absolute Gasteiger partial charge is 0.408 e. The third kappa shape index (κ3) is 11.2. The van der Waals surface area contributed by atoms with E-state index >= 15 is 0 Å². The first-order valence-corrected chi connectivity index (χ1v) is 26.1. The molecular formula is C54H69N7O8Si. The minimum Gasteiger partial charge on any atom is -0.480 e. The highest BCUT2D eigenvalue weighted by Gasteiger charge is 2.51. The van der Waals surface area contributed by atoms with E-state index in [0.717, 1.165) is 33.4 Å². The average molecular weight is 972 g/mol. The zero-order chi connectivity index (χ0) is 50.6. The van der Waals surface area contributed by atoms with E-state index < -0.39 is 49.4 Å². The number of carbonyl (C=O) groups is 3. The van der Waals surface area contributed by atoms with Gasteiger partial charge in [0.1, 0.15) is 17.7 Å². The number of hydrogen-bond acceptors (Lipinski definition) is 11. The first-order valence-electron chi connectivity index (χ1n) is 24.2. The lowest BCUT2D eigenvalue weighted by Gasteiger charge is -2.44. The van der Waals surface area contributed by atoms with Gasteiger partial charge in [-0.2, -0.15) is 4.98 Å². The molecule has 0 spiro atoms. The Bertz CT molecular complexity index is 2740. The summed E-state index contributed by atoms with van der Waals surface area (Å²) < 4.78 is 27.3. The van der Waals surface area contributed by atoms with Crippen molar-refractivity contribution in [2.45, 2.75) is 130 Å². The van der Waals surface area contributed by atoms with Gasteiger partial charge in [-0.15, -0.1) is 0 Å². The van der Waals surface area contributed by atoms with Crippen LogP contribution in [0.15, 0.2) is 102 Å². The van der Waals surface area contributed by atoms with Crippen LogP contribution >= 0.6 is 0 Å². The molecule has 4 heterocycles. The average Bonchev–Trinajstić information content (AvgIpc) is 3.92. The number of carboxylic acid groups (broad SMARTS) is 1. The van der Waals surface area contributed by atoms with Gasteiger partial charge < -0.3 is 33.4 Å². The molecule has 3 atom stereocenters. The number of rotatable bonds is 17. The molecule has 3 aromatic heterocycles. The minimum absolute atomic E-state index is 0.150. The number of fused-ring (bicyclic) bond motifs is 1. The second-order valence-electron chi connectivity index (χ2n) is 21.0. The lowest BCUT2D eigenvalue weighted by Crippen LogP contribution is -2.67. The molecule has 6 aromatic rings. The Balaban J connectivity index is 1.29. The molecule has 1 aliphatic heterocycles. The van der Waals surface area contributed by atoms with Gasteiger partial charge in [0.05, 0.1) is 17.5 Å². The number of methoxy groups -OCH3 is 1. The molecule has 0 bridgehead atoms. The summed E-state index contributed by atoms with van der Waals surface area (Å²) >= 11 is 0. The van der Waals surface area contributed by atoms with Gasteiger partial charge in [-0.3, -0.25) is 19.6 Å². The number of hydrogen-bond donors (Lipinski definition) is 3. The highest BCUT2D eigenvalue weighted by atomic mass is 28.4. The molecule has 0 aliphatic carbocycles. The molecule has 372 valence electrons. The van der Waals surface area contributed by atoms with Crippen molar-refractivity contribution < 1.29 is 37.9 Å². The molecule has 1 fully saturated rings. The van der Waals surface area contributed by atoms with Crippen molar-refractivity contribution >= 4 is 47.6 Å². The second-order valence-corrected chi connectivity index (χ2v) is 25.3. The van der Waals surface area contributed by atoms with E-state index in [1.165, 1.54) is 15.4 Å². The van der Waals surface area contributed by atoms with Crippen LogP contribution in [0.3, 0.4) is 0 Å². The predicted molar refractivity (Wildman–Crippen MR) is 273 cm³/mol. The number of alkyl carbamates (subject to hydrolysis) is 1. The number of ether oxygens (including phenoxy) is 2. The maximum atomic E-state index is 14.0. The molecule has 2 amide bonds. The fraction of sp³-hybridized carbons (Fsp3) is 0.444. The van der Waals surface area contributed by atoms with Gasteiger partial charge in [0.25, 0.3) is 20.1 Å². The zero-order valence-electron chi connectivity index (χ0n) is 42.5. The lowest BCUT2D eigenvalue weighted by atomic mass is 9.84. The second kappa shape index (κ2) is 21.0. The van der Waals surface area contributed by atoms with Gasteiger partial charge in [-0.05, 0) is 111 Å². The quantitative estimate of drug-likeness (QED) is 0.0741. The number of aliphatic carboxylic acids is 1. The van der Waals surface area contributed by atoms with Crippen LogP contribution in [0.4, 0.5) is 4.79 Å². The van der Waals surface area contributed by atoms with Crippen molar-refractivity contribution in [2.24, 2.45) is 5.41 Å². The van der Waals surface area contributed by atoms with Gasteiger partial charge in [-0.1, -0.05) is 100 Å². The number of carbonyl (C=O) groups excluding carboxylic acids is 2. The normalized spacial score (nSPS) is 15.7. The molecule has 1 aliphatic rings. The number of aryl methyl sites for hydroxylation is 1. The molecule has 70 heavy (non-hydrogen) atoms. The molecule has 16 heteroatoms. The molecule has 0 saturated carbocycles. The van der Waals surface area contributed by atoms with Gasteiger partial charge >= 0.3 is 12.1 Å². The summed E-state index contributed by atoms with van der Waals surface area (Å²) in [5, 5.41) is 21.1. The largest absolute Gasteiger partial charge is 0.480 e. The van der Waals surface area contributed by atoms with Crippen molar-refractivity contribution in [1.82, 2.24) is 35.4 Å². The third-order valence-electron chi connectivity index (χ3n) is 12.9. The Morgan fingerprint density at radius 1 is 0.943 bits per heavy atom. The van der Waals surface area contributed by atoms with Crippen LogP contribution < -0.4 is 21.1 Å². The van der Waals surface area contributed by atoms with Crippen molar-refractivity contribution in [3.63, 3.8) is 0 Å². The molecule has 0 radical (unpaired) electrons. The summed E-state index contributed by atoms with van der Waals surface area (Å²) in [6.45, 7) is 22.1. The molecule has 15 nitrogen and oxygen atoms in total. The Hall–Kier alpha value is -6.20. The molecule has 2 unspecified atom stereocenters. The monoisotopic (exact) mass is 971 g/mol. The van der Waals surface area contributed by atoms with Crippen molar-refractivity contribution in [1.29, 1.82) is 0 Å². The number of benzene rings is 3. The molecule has 3 aromatic carbocycles. The van der Waals surface area contributed by atoms with E-state index in [1.807, 2.05) is 19.1 Å². The zero-order valence-corrected chi connectivity index (χ0v) is 43.5. The third-order valence-corrected chi connectivity index (χ3v) is 17.9. The summed E-state index contributed by atoms with van der Waals surface area (Å²) in [5.74, 6) is -1.24. The van der Waals surface area contributed by atoms with E-state index in [0.29, 0.717) is 38.0 Å². The van der Waals surface area contributed by atoms with E-state index in [-0.39, 0.29) is 35.8 Å².